The van der Waals surface area contributed by atoms with Crippen LogP contribution in [0.2, 0.25) is 0 Å². The van der Waals surface area contributed by atoms with Gasteiger partial charge in [0.1, 0.15) is 12.4 Å². The van der Waals surface area contributed by atoms with Gasteiger partial charge in [0.2, 0.25) is 5.91 Å². The Labute approximate surface area is 117 Å². The number of nitrogens with zero attached hydrogens (tertiary/aromatic N) is 3. The Bertz CT molecular complexity index is 544. The number of ether oxygens (including phenoxy) is 1. The maximum atomic E-state index is 11.8. The zero-order chi connectivity index (χ0) is 14.8. The van der Waals surface area contributed by atoms with Crippen molar-refractivity contribution in [1.82, 2.24) is 0 Å². The summed E-state index contributed by atoms with van der Waals surface area (Å²) in [4.78, 5) is 14.5. The highest BCUT2D eigenvalue weighted by Crippen LogP contribution is 2.23. The number of nitrogens with one attached hydrogen (secondary N) is 1. The lowest BCUT2D eigenvalue weighted by Crippen LogP contribution is -2.14. The molecule has 1 N–H and O–H groups in total. The van der Waals surface area contributed by atoms with Crippen LogP contribution < -0.4 is 10.1 Å². The predicted octanol–water partition coefficient (Wildman–Crippen LogP) is 3.12. The number of benzene rings is 1. The molecule has 0 saturated heterocycles. The molecule has 20 heavy (non-hydrogen) atoms. The van der Waals surface area contributed by atoms with Crippen LogP contribution in [0.5, 0.6) is 5.75 Å². The molecule has 1 amide bonds. The van der Waals surface area contributed by atoms with Crippen LogP contribution >= 0.6 is 0 Å². The second-order valence-corrected chi connectivity index (χ2v) is 4.13. The number of terminal acetylenes is 1. The summed E-state index contributed by atoms with van der Waals surface area (Å²) < 4.78 is 5.33. The quantitative estimate of drug-likeness (QED) is 0.358. The van der Waals surface area contributed by atoms with Gasteiger partial charge in [-0.15, -0.1) is 6.42 Å². The first kappa shape index (κ1) is 15.4. The number of amides is 1. The highest BCUT2D eigenvalue weighted by Gasteiger charge is 2.09. The molecule has 0 aliphatic rings. The summed E-state index contributed by atoms with van der Waals surface area (Å²) in [6.45, 7) is 1.90. The van der Waals surface area contributed by atoms with E-state index in [0.29, 0.717) is 17.9 Å². The van der Waals surface area contributed by atoms with E-state index in [1.165, 1.54) is 0 Å². The third kappa shape index (κ3) is 5.34. The number of carbonyl (C=O) groups excluding carboxylic acids is 1. The average molecular weight is 272 g/mol. The van der Waals surface area contributed by atoms with Crippen LogP contribution in [0.3, 0.4) is 0 Å². The van der Waals surface area contributed by atoms with Gasteiger partial charge in [-0.05, 0) is 24.1 Å². The fraction of sp³-hybridized carbons (Fsp3) is 0.357. The number of hydrogen-bond acceptors (Lipinski definition) is 3. The summed E-state index contributed by atoms with van der Waals surface area (Å²) in [5.41, 5.74) is 8.85. The highest BCUT2D eigenvalue weighted by molar-refractivity contribution is 5.92. The summed E-state index contributed by atoms with van der Waals surface area (Å²) in [5.74, 6) is 2.73. The van der Waals surface area contributed by atoms with Crippen molar-refractivity contribution in [3.63, 3.8) is 0 Å². The second kappa shape index (κ2) is 8.46. The van der Waals surface area contributed by atoms with Gasteiger partial charge in [-0.3, -0.25) is 4.79 Å². The maximum absolute atomic E-state index is 11.8. The smallest absolute Gasteiger partial charge is 0.224 e. The molecule has 0 saturated carbocycles. The van der Waals surface area contributed by atoms with E-state index in [0.717, 1.165) is 0 Å². The van der Waals surface area contributed by atoms with Crippen molar-refractivity contribution in [3.8, 4) is 18.1 Å². The molecule has 0 aliphatic heterocycles. The number of carbonyl (C=O) groups is 1. The van der Waals surface area contributed by atoms with Crippen molar-refractivity contribution in [2.45, 2.75) is 25.8 Å². The van der Waals surface area contributed by atoms with Crippen LogP contribution in [0.4, 0.5) is 5.69 Å². The average Bonchev–Trinajstić information content (AvgIpc) is 2.44. The van der Waals surface area contributed by atoms with Gasteiger partial charge in [0.15, 0.2) is 0 Å². The topological polar surface area (TPSA) is 87.1 Å². The number of para-hydroxylation sites is 2. The fourth-order valence-corrected chi connectivity index (χ4v) is 1.51. The van der Waals surface area contributed by atoms with Crippen molar-refractivity contribution in [2.24, 2.45) is 5.11 Å². The highest BCUT2D eigenvalue weighted by atomic mass is 16.5. The van der Waals surface area contributed by atoms with Gasteiger partial charge in [0.25, 0.3) is 0 Å². The Morgan fingerprint density at radius 1 is 1.60 bits per heavy atom. The zero-order valence-electron chi connectivity index (χ0n) is 11.2. The number of rotatable bonds is 7. The molecule has 1 aromatic carbocycles. The first-order valence-corrected chi connectivity index (χ1v) is 6.16. The number of azide groups is 1. The summed E-state index contributed by atoms with van der Waals surface area (Å²) >= 11 is 0. The number of anilines is 1. The molecule has 0 aliphatic carbocycles. The summed E-state index contributed by atoms with van der Waals surface area (Å²) in [6.07, 6.45) is 5.89. The molecule has 6 nitrogen and oxygen atoms in total. The molecule has 0 aromatic heterocycles. The van der Waals surface area contributed by atoms with Crippen molar-refractivity contribution >= 4 is 11.6 Å². The molecule has 1 unspecified atom stereocenters. The molecule has 0 radical (unpaired) electrons. The molecule has 0 spiro atoms. The van der Waals surface area contributed by atoms with Gasteiger partial charge >= 0.3 is 0 Å². The molecular weight excluding hydrogens is 256 g/mol. The predicted molar refractivity (Wildman–Crippen MR) is 77.2 cm³/mol. The molecule has 0 bridgehead atoms. The molecule has 0 fully saturated rings. The van der Waals surface area contributed by atoms with E-state index in [-0.39, 0.29) is 25.0 Å². The van der Waals surface area contributed by atoms with Crippen molar-refractivity contribution < 1.29 is 9.53 Å². The third-order valence-corrected chi connectivity index (χ3v) is 2.51. The Hall–Kier alpha value is -2.64. The van der Waals surface area contributed by atoms with Gasteiger partial charge < -0.3 is 10.1 Å². The van der Waals surface area contributed by atoms with Crippen LogP contribution in [0.15, 0.2) is 29.4 Å². The summed E-state index contributed by atoms with van der Waals surface area (Å²) in [5, 5.41) is 6.26. The summed E-state index contributed by atoms with van der Waals surface area (Å²) in [6, 6.07) is 6.85. The first-order chi connectivity index (χ1) is 9.67. The van der Waals surface area contributed by atoms with Crippen LogP contribution in [-0.2, 0) is 4.79 Å². The SMILES string of the molecule is C#CCOc1ccccc1NC(=O)CCC(C)N=[N+]=[N-]. The molecule has 104 valence electrons. The second-order valence-electron chi connectivity index (χ2n) is 4.13. The molecule has 0 heterocycles. The Morgan fingerprint density at radius 2 is 2.35 bits per heavy atom. The van der Waals surface area contributed by atoms with E-state index in [4.69, 9.17) is 16.7 Å². The van der Waals surface area contributed by atoms with Gasteiger partial charge in [0.05, 0.1) is 5.69 Å². The minimum atomic E-state index is -0.210. The lowest BCUT2D eigenvalue weighted by molar-refractivity contribution is -0.116. The Balaban J connectivity index is 2.57. The van der Waals surface area contributed by atoms with E-state index in [9.17, 15) is 4.79 Å². The lowest BCUT2D eigenvalue weighted by atomic mass is 10.2. The Kier molecular flexibility index (Phi) is 6.52. The zero-order valence-corrected chi connectivity index (χ0v) is 11.2. The molecular formula is C14H16N4O2. The Morgan fingerprint density at radius 3 is 3.05 bits per heavy atom. The standard InChI is InChI=1S/C14H16N4O2/c1-3-10-20-13-7-5-4-6-12(13)16-14(19)9-8-11(2)17-18-15/h1,4-7,11H,8-10H2,2H3,(H,16,19). The molecule has 1 aromatic rings. The monoisotopic (exact) mass is 272 g/mol. The fourth-order valence-electron chi connectivity index (χ4n) is 1.51. The van der Waals surface area contributed by atoms with Gasteiger partial charge in [-0.25, -0.2) is 0 Å². The van der Waals surface area contributed by atoms with Crippen LogP contribution in [0.1, 0.15) is 19.8 Å². The van der Waals surface area contributed by atoms with Gasteiger partial charge in [-0.1, -0.05) is 30.1 Å². The normalized spacial score (nSPS) is 10.8. The van der Waals surface area contributed by atoms with Gasteiger partial charge in [-0.2, -0.15) is 0 Å². The first-order valence-electron chi connectivity index (χ1n) is 6.16. The molecule has 6 heteroatoms. The van der Waals surface area contributed by atoms with E-state index in [2.05, 4.69) is 21.3 Å². The lowest BCUT2D eigenvalue weighted by Gasteiger charge is -2.11. The number of hydrogen-bond donors (Lipinski definition) is 1. The minimum Gasteiger partial charge on any atom is -0.479 e. The van der Waals surface area contributed by atoms with Crippen LogP contribution in [0, 0.1) is 12.3 Å². The maximum Gasteiger partial charge on any atom is 0.224 e. The van der Waals surface area contributed by atoms with Crippen molar-refractivity contribution in [1.29, 1.82) is 0 Å². The van der Waals surface area contributed by atoms with Crippen molar-refractivity contribution in [3.05, 3.63) is 34.7 Å². The van der Waals surface area contributed by atoms with Crippen LogP contribution in [-0.4, -0.2) is 18.6 Å². The third-order valence-electron chi connectivity index (χ3n) is 2.51. The largest absolute Gasteiger partial charge is 0.479 e. The minimum absolute atomic E-state index is 0.140. The van der Waals surface area contributed by atoms with Crippen molar-refractivity contribution in [2.75, 3.05) is 11.9 Å². The van der Waals surface area contributed by atoms with E-state index in [1.54, 1.807) is 31.2 Å². The molecule has 1 rings (SSSR count). The van der Waals surface area contributed by atoms with E-state index >= 15 is 0 Å². The summed E-state index contributed by atoms with van der Waals surface area (Å²) in [7, 11) is 0. The van der Waals surface area contributed by atoms with E-state index in [1.807, 2.05) is 0 Å². The van der Waals surface area contributed by atoms with E-state index < -0.39 is 0 Å². The molecule has 1 atom stereocenters. The van der Waals surface area contributed by atoms with Gasteiger partial charge in [0, 0.05) is 17.4 Å². The van der Waals surface area contributed by atoms with Crippen LogP contribution in [0.25, 0.3) is 10.4 Å².